The fourth-order valence-corrected chi connectivity index (χ4v) is 4.34. The largest absolute Gasteiger partial charge is 0.497 e. The number of hydrogen-bond acceptors (Lipinski definition) is 8. The Morgan fingerprint density at radius 3 is 2.72 bits per heavy atom. The van der Waals surface area contributed by atoms with Crippen molar-refractivity contribution in [2.75, 3.05) is 25.2 Å². The number of rotatable bonds is 5. The second-order valence-corrected chi connectivity index (χ2v) is 8.49. The van der Waals surface area contributed by atoms with Crippen molar-refractivity contribution in [3.8, 4) is 17.1 Å². The zero-order valence-electron chi connectivity index (χ0n) is 18.5. The molecule has 1 saturated heterocycles. The van der Waals surface area contributed by atoms with Crippen LogP contribution in [0.3, 0.4) is 0 Å². The maximum atomic E-state index is 11.0. The van der Waals surface area contributed by atoms with Gasteiger partial charge in [0.1, 0.15) is 17.9 Å². The van der Waals surface area contributed by atoms with Gasteiger partial charge in [0.15, 0.2) is 5.82 Å². The Morgan fingerprint density at radius 2 is 1.94 bits per heavy atom. The van der Waals surface area contributed by atoms with Crippen molar-refractivity contribution in [2.24, 2.45) is 0 Å². The Hall–Kier alpha value is -3.01. The lowest BCUT2D eigenvalue weighted by atomic mass is 10.1. The van der Waals surface area contributed by atoms with Crippen molar-refractivity contribution >= 4 is 5.82 Å². The molecule has 3 aromatic rings. The molecule has 0 saturated carbocycles. The summed E-state index contributed by atoms with van der Waals surface area (Å²) in [6.45, 7) is 7.16. The maximum Gasteiger partial charge on any atom is 0.230 e. The zero-order chi connectivity index (χ0) is 22.2. The number of fused-ring (bicyclic) bond motifs is 3. The molecule has 1 fully saturated rings. The number of nitrogens with zero attached hydrogens (tertiary/aromatic N) is 6. The molecule has 4 heterocycles. The molecular weight excluding hydrogens is 408 g/mol. The molecule has 2 aliphatic heterocycles. The molecule has 0 aliphatic carbocycles. The SMILES string of the molecule is COc1ccc(CN2c3ncc(CN4CC(C)OCC4C)cc3-c3ncnn3C2O)cc1. The number of pyridine rings is 1. The molecule has 168 valence electrons. The number of ether oxygens (including phenoxy) is 2. The quantitative estimate of drug-likeness (QED) is 0.652. The predicted molar refractivity (Wildman–Crippen MR) is 119 cm³/mol. The van der Waals surface area contributed by atoms with Crippen LogP contribution < -0.4 is 9.64 Å². The molecule has 2 aromatic heterocycles. The van der Waals surface area contributed by atoms with Gasteiger partial charge in [-0.2, -0.15) is 9.78 Å². The van der Waals surface area contributed by atoms with Crippen molar-refractivity contribution in [3.63, 3.8) is 0 Å². The van der Waals surface area contributed by atoms with Crippen LogP contribution in [0.15, 0.2) is 42.9 Å². The molecule has 3 unspecified atom stereocenters. The van der Waals surface area contributed by atoms with E-state index in [4.69, 9.17) is 14.5 Å². The molecule has 1 N–H and O–H groups in total. The highest BCUT2D eigenvalue weighted by Crippen LogP contribution is 2.38. The van der Waals surface area contributed by atoms with Gasteiger partial charge in [-0.05, 0) is 43.2 Å². The number of aliphatic hydroxyl groups excluding tert-OH is 1. The highest BCUT2D eigenvalue weighted by Gasteiger charge is 2.33. The van der Waals surface area contributed by atoms with Gasteiger partial charge in [0.2, 0.25) is 6.35 Å². The Labute approximate surface area is 187 Å². The van der Waals surface area contributed by atoms with Crippen molar-refractivity contribution in [1.82, 2.24) is 24.6 Å². The van der Waals surface area contributed by atoms with Crippen LogP contribution in [0, 0.1) is 0 Å². The van der Waals surface area contributed by atoms with Crippen LogP contribution in [0.1, 0.15) is 31.3 Å². The van der Waals surface area contributed by atoms with Gasteiger partial charge in [-0.1, -0.05) is 12.1 Å². The number of hydrogen-bond donors (Lipinski definition) is 1. The van der Waals surface area contributed by atoms with Gasteiger partial charge >= 0.3 is 0 Å². The minimum Gasteiger partial charge on any atom is -0.497 e. The Balaban J connectivity index is 1.46. The number of morpholine rings is 1. The van der Waals surface area contributed by atoms with Gasteiger partial charge in [0.25, 0.3) is 0 Å². The van der Waals surface area contributed by atoms with E-state index in [1.165, 1.54) is 11.0 Å². The predicted octanol–water partition coefficient (Wildman–Crippen LogP) is 2.43. The summed E-state index contributed by atoms with van der Waals surface area (Å²) in [4.78, 5) is 13.4. The summed E-state index contributed by atoms with van der Waals surface area (Å²) in [5.41, 5.74) is 2.99. The molecule has 9 heteroatoms. The molecule has 32 heavy (non-hydrogen) atoms. The van der Waals surface area contributed by atoms with Crippen molar-refractivity contribution in [3.05, 3.63) is 54.0 Å². The van der Waals surface area contributed by atoms with Gasteiger partial charge in [-0.25, -0.2) is 9.97 Å². The molecule has 2 aliphatic rings. The van der Waals surface area contributed by atoms with E-state index in [2.05, 4.69) is 34.9 Å². The molecule has 0 radical (unpaired) electrons. The topological polar surface area (TPSA) is 88.8 Å². The average molecular weight is 437 g/mol. The van der Waals surface area contributed by atoms with Gasteiger partial charge < -0.3 is 19.5 Å². The normalized spacial score (nSPS) is 23.0. The standard InChI is InChI=1S/C23H28N6O3/c1-15-13-32-16(2)10-27(15)11-18-8-20-21(24-9-18)28(23(30)29-22(20)25-14-26-29)12-17-4-6-19(31-3)7-5-17/h4-9,14-16,23,30H,10-13H2,1-3H3. The Kier molecular flexibility index (Phi) is 5.54. The molecule has 1 aromatic carbocycles. The summed E-state index contributed by atoms with van der Waals surface area (Å²) >= 11 is 0. The van der Waals surface area contributed by atoms with Crippen molar-refractivity contribution in [1.29, 1.82) is 0 Å². The molecular formula is C23H28N6O3. The van der Waals surface area contributed by atoms with Crippen LogP contribution in [0.4, 0.5) is 5.82 Å². The van der Waals surface area contributed by atoms with E-state index in [1.54, 1.807) is 7.11 Å². The van der Waals surface area contributed by atoms with E-state index < -0.39 is 6.35 Å². The number of anilines is 1. The van der Waals surface area contributed by atoms with Gasteiger partial charge in [0, 0.05) is 31.9 Å². The lowest BCUT2D eigenvalue weighted by molar-refractivity contribution is -0.0527. The smallest absolute Gasteiger partial charge is 0.230 e. The summed E-state index contributed by atoms with van der Waals surface area (Å²) in [5.74, 6) is 2.11. The number of methoxy groups -OCH3 is 1. The second kappa shape index (κ2) is 8.50. The third-order valence-corrected chi connectivity index (χ3v) is 6.14. The van der Waals surface area contributed by atoms with Crippen LogP contribution in [0.25, 0.3) is 11.4 Å². The van der Waals surface area contributed by atoms with Gasteiger partial charge in [-0.3, -0.25) is 4.90 Å². The summed E-state index contributed by atoms with van der Waals surface area (Å²) < 4.78 is 12.6. The molecule has 0 bridgehead atoms. The van der Waals surface area contributed by atoms with Crippen LogP contribution in [-0.4, -0.2) is 62.2 Å². The molecule has 0 amide bonds. The first kappa shape index (κ1) is 20.9. The van der Waals surface area contributed by atoms with E-state index in [1.807, 2.05) is 35.4 Å². The fraction of sp³-hybridized carbons (Fsp3) is 0.435. The van der Waals surface area contributed by atoms with Crippen LogP contribution in [0.5, 0.6) is 5.75 Å². The molecule has 9 nitrogen and oxygen atoms in total. The minimum atomic E-state index is -0.986. The first-order chi connectivity index (χ1) is 15.5. The number of aliphatic hydroxyl groups is 1. The number of aromatic nitrogens is 4. The number of benzene rings is 1. The maximum absolute atomic E-state index is 11.0. The van der Waals surface area contributed by atoms with Gasteiger partial charge in [0.05, 0.1) is 25.4 Å². The highest BCUT2D eigenvalue weighted by atomic mass is 16.5. The molecule has 0 spiro atoms. The molecule has 3 atom stereocenters. The fourth-order valence-electron chi connectivity index (χ4n) is 4.34. The minimum absolute atomic E-state index is 0.218. The summed E-state index contributed by atoms with van der Waals surface area (Å²) in [6, 6.07) is 10.2. The van der Waals surface area contributed by atoms with E-state index >= 15 is 0 Å². The summed E-state index contributed by atoms with van der Waals surface area (Å²) in [5, 5.41) is 15.3. The van der Waals surface area contributed by atoms with Crippen molar-refractivity contribution in [2.45, 2.75) is 45.4 Å². The third kappa shape index (κ3) is 3.83. The summed E-state index contributed by atoms with van der Waals surface area (Å²) in [6.07, 6.45) is 2.60. The van der Waals surface area contributed by atoms with E-state index in [-0.39, 0.29) is 6.10 Å². The van der Waals surface area contributed by atoms with Crippen molar-refractivity contribution < 1.29 is 14.6 Å². The summed E-state index contributed by atoms with van der Waals surface area (Å²) in [7, 11) is 1.64. The van der Waals surface area contributed by atoms with Crippen LogP contribution in [0.2, 0.25) is 0 Å². The van der Waals surface area contributed by atoms with Crippen LogP contribution >= 0.6 is 0 Å². The first-order valence-electron chi connectivity index (χ1n) is 10.9. The highest BCUT2D eigenvalue weighted by molar-refractivity contribution is 5.74. The monoisotopic (exact) mass is 436 g/mol. The zero-order valence-corrected chi connectivity index (χ0v) is 18.5. The lowest BCUT2D eigenvalue weighted by Gasteiger charge is -2.37. The molecule has 5 rings (SSSR count). The first-order valence-corrected chi connectivity index (χ1v) is 10.9. The average Bonchev–Trinajstić information content (AvgIpc) is 3.30. The van der Waals surface area contributed by atoms with Gasteiger partial charge in [-0.15, -0.1) is 0 Å². The third-order valence-electron chi connectivity index (χ3n) is 6.14. The lowest BCUT2D eigenvalue weighted by Crippen LogP contribution is -2.46. The Bertz CT molecular complexity index is 1090. The van der Waals surface area contributed by atoms with Crippen LogP contribution in [-0.2, 0) is 17.8 Å². The van der Waals surface area contributed by atoms with E-state index in [9.17, 15) is 5.11 Å². The van der Waals surface area contributed by atoms with E-state index in [0.717, 1.165) is 42.1 Å². The van der Waals surface area contributed by atoms with E-state index in [0.29, 0.717) is 24.2 Å². The Morgan fingerprint density at radius 1 is 1.12 bits per heavy atom. The second-order valence-electron chi connectivity index (χ2n) is 8.49.